The second-order valence-corrected chi connectivity index (χ2v) is 30.6. The molecule has 0 aliphatic carbocycles. The van der Waals surface area contributed by atoms with Gasteiger partial charge in [-0.25, -0.2) is 0 Å². The molecule has 0 spiro atoms. The van der Waals surface area contributed by atoms with E-state index in [2.05, 4.69) is 116 Å². The molecule has 17 unspecified atom stereocenters. The third-order valence-electron chi connectivity index (χ3n) is 21.1. The third-order valence-corrected chi connectivity index (χ3v) is 21.1. The average Bonchev–Trinajstić information content (AvgIpc) is 0.760. The Labute approximate surface area is 659 Å². The van der Waals surface area contributed by atoms with Crippen LogP contribution in [0.25, 0.3) is 0 Å². The van der Waals surface area contributed by atoms with Crippen LogP contribution in [0, 0.1) is 0 Å². The van der Waals surface area contributed by atoms with Crippen molar-refractivity contribution in [1.29, 1.82) is 0 Å². The molecule has 630 valence electrons. The molecular weight excluding hydrogens is 1380 g/mol. The normalized spacial score (nSPS) is 25.8. The summed E-state index contributed by atoms with van der Waals surface area (Å²) in [6, 6.07) is -0.998. The molecule has 1 amide bonds. The molecule has 3 heterocycles. The monoisotopic (exact) mass is 1540 g/mol. The number of nitrogens with one attached hydrogen (secondary N) is 1. The molecule has 17 atom stereocenters. The molecule has 0 saturated carbocycles. The second kappa shape index (κ2) is 68.8. The minimum atomic E-state index is -1.99. The summed E-state index contributed by atoms with van der Waals surface area (Å²) in [5.41, 5.74) is 0. The largest absolute Gasteiger partial charge is 0.394 e. The lowest BCUT2D eigenvalue weighted by atomic mass is 9.96. The van der Waals surface area contributed by atoms with Crippen LogP contribution < -0.4 is 5.32 Å². The van der Waals surface area contributed by atoms with Gasteiger partial charge in [-0.3, -0.25) is 4.79 Å². The summed E-state index contributed by atoms with van der Waals surface area (Å²) in [7, 11) is 0. The Balaban J connectivity index is 1.35. The Morgan fingerprint density at radius 3 is 1.03 bits per heavy atom. The smallest absolute Gasteiger partial charge is 0.220 e. The summed E-state index contributed by atoms with van der Waals surface area (Å²) in [6.07, 6.45) is 69.4. The summed E-state index contributed by atoms with van der Waals surface area (Å²) in [4.78, 5) is 13.5. The van der Waals surface area contributed by atoms with Gasteiger partial charge in [0.1, 0.15) is 73.2 Å². The second-order valence-electron chi connectivity index (χ2n) is 30.6. The van der Waals surface area contributed by atoms with Crippen molar-refractivity contribution in [3.8, 4) is 0 Å². The van der Waals surface area contributed by atoms with Crippen LogP contribution in [0.2, 0.25) is 0 Å². The maximum absolute atomic E-state index is 13.5. The molecule has 0 aromatic carbocycles. The zero-order valence-corrected chi connectivity index (χ0v) is 67.8. The summed E-state index contributed by atoms with van der Waals surface area (Å²) in [5, 5.41) is 121. The first-order valence-electron chi connectivity index (χ1n) is 43.6. The van der Waals surface area contributed by atoms with Crippen LogP contribution in [0.3, 0.4) is 0 Å². The van der Waals surface area contributed by atoms with E-state index in [-0.39, 0.29) is 18.9 Å². The van der Waals surface area contributed by atoms with Crippen molar-refractivity contribution in [3.05, 3.63) is 109 Å². The van der Waals surface area contributed by atoms with Gasteiger partial charge < -0.3 is 89.9 Å². The Morgan fingerprint density at radius 2 is 0.642 bits per heavy atom. The highest BCUT2D eigenvalue weighted by molar-refractivity contribution is 5.76. The van der Waals surface area contributed by atoms with Crippen LogP contribution >= 0.6 is 0 Å². The topological polar surface area (TPSA) is 307 Å². The Bertz CT molecular complexity index is 2390. The van der Waals surface area contributed by atoms with Gasteiger partial charge in [0, 0.05) is 6.42 Å². The Hall–Kier alpha value is -3.55. The first-order chi connectivity index (χ1) is 53.3. The SMILES string of the molecule is CC/C=C\C/C=C\C/C=C\C/C=C\C/C=C\C/C=C\C/C=C\CCCCCCCCCCCCCCCCCC(=O)NC(COC1OC(CO)C(OC2OC(CO)C(OC3OC(CO)C(O)C(O)C3O)C(O)C2O)C(O)C1O)C(O)/C=C/CC/C=C/CCCCCCCCCCCCCCCCCCCCCCC. The van der Waals surface area contributed by atoms with E-state index in [9.17, 15) is 61.0 Å². The average molecular weight is 1540 g/mol. The lowest BCUT2D eigenvalue weighted by molar-refractivity contribution is -0.379. The first kappa shape index (κ1) is 99.6. The number of rotatable bonds is 69. The van der Waals surface area contributed by atoms with Crippen molar-refractivity contribution in [2.75, 3.05) is 26.4 Å². The summed E-state index contributed by atoms with van der Waals surface area (Å²) < 4.78 is 34.5. The van der Waals surface area contributed by atoms with Crippen molar-refractivity contribution < 1.29 is 89.4 Å². The quantitative estimate of drug-likeness (QED) is 0.0199. The van der Waals surface area contributed by atoms with Crippen molar-refractivity contribution in [3.63, 3.8) is 0 Å². The van der Waals surface area contributed by atoms with Gasteiger partial charge in [-0.1, -0.05) is 335 Å². The number of carbonyl (C=O) groups excluding carboxylic acids is 1. The molecule has 0 radical (unpaired) electrons. The van der Waals surface area contributed by atoms with Gasteiger partial charge in [0.2, 0.25) is 5.91 Å². The van der Waals surface area contributed by atoms with Crippen molar-refractivity contribution in [2.45, 2.75) is 426 Å². The van der Waals surface area contributed by atoms with Crippen LogP contribution in [-0.2, 0) is 33.2 Å². The molecule has 3 aliphatic rings. The van der Waals surface area contributed by atoms with Crippen LogP contribution in [0.15, 0.2) is 109 Å². The predicted molar refractivity (Wildman–Crippen MR) is 438 cm³/mol. The number of allylic oxidation sites excluding steroid dienone is 17. The van der Waals surface area contributed by atoms with E-state index in [0.29, 0.717) is 12.8 Å². The molecule has 3 fully saturated rings. The highest BCUT2D eigenvalue weighted by Gasteiger charge is 2.54. The van der Waals surface area contributed by atoms with E-state index < -0.39 is 124 Å². The number of unbranched alkanes of at least 4 members (excludes halogenated alkanes) is 37. The summed E-state index contributed by atoms with van der Waals surface area (Å²) in [5.74, 6) is -0.285. The molecule has 12 N–H and O–H groups in total. The van der Waals surface area contributed by atoms with E-state index in [1.807, 2.05) is 6.08 Å². The number of aliphatic hydroxyl groups is 11. The predicted octanol–water partition coefficient (Wildman–Crippen LogP) is 16.1. The molecule has 3 saturated heterocycles. The molecular formula is C90H157NO18. The van der Waals surface area contributed by atoms with Crippen molar-refractivity contribution in [2.24, 2.45) is 0 Å². The highest BCUT2D eigenvalue weighted by Crippen LogP contribution is 2.33. The highest BCUT2D eigenvalue weighted by atomic mass is 16.8. The van der Waals surface area contributed by atoms with E-state index in [0.717, 1.165) is 89.9 Å². The summed E-state index contributed by atoms with van der Waals surface area (Å²) in [6.45, 7) is 1.64. The molecule has 0 aromatic rings. The van der Waals surface area contributed by atoms with Gasteiger partial charge in [-0.2, -0.15) is 0 Å². The molecule has 3 rings (SSSR count). The van der Waals surface area contributed by atoms with Crippen LogP contribution in [0.1, 0.15) is 322 Å². The molecule has 19 nitrogen and oxygen atoms in total. The van der Waals surface area contributed by atoms with E-state index in [1.165, 1.54) is 199 Å². The van der Waals surface area contributed by atoms with Crippen LogP contribution in [0.4, 0.5) is 0 Å². The van der Waals surface area contributed by atoms with Gasteiger partial charge in [0.25, 0.3) is 0 Å². The van der Waals surface area contributed by atoms with Crippen molar-refractivity contribution >= 4 is 5.91 Å². The van der Waals surface area contributed by atoms with Crippen LogP contribution in [-0.4, -0.2) is 193 Å². The fourth-order valence-corrected chi connectivity index (χ4v) is 14.1. The minimum Gasteiger partial charge on any atom is -0.394 e. The van der Waals surface area contributed by atoms with Crippen molar-refractivity contribution in [1.82, 2.24) is 5.32 Å². The molecule has 0 bridgehead atoms. The molecule has 0 aromatic heterocycles. The minimum absolute atomic E-state index is 0.231. The molecule has 19 heteroatoms. The van der Waals surface area contributed by atoms with Gasteiger partial charge >= 0.3 is 0 Å². The lowest BCUT2D eigenvalue weighted by Crippen LogP contribution is -2.66. The number of ether oxygens (including phenoxy) is 6. The Morgan fingerprint density at radius 1 is 0.339 bits per heavy atom. The fourth-order valence-electron chi connectivity index (χ4n) is 14.1. The van der Waals surface area contributed by atoms with E-state index in [1.54, 1.807) is 6.08 Å². The zero-order chi connectivity index (χ0) is 78.8. The van der Waals surface area contributed by atoms with Gasteiger partial charge in [-0.15, -0.1) is 0 Å². The number of aliphatic hydroxyl groups excluding tert-OH is 11. The maximum atomic E-state index is 13.5. The van der Waals surface area contributed by atoms with Gasteiger partial charge in [-0.05, 0) is 89.9 Å². The number of carbonyl (C=O) groups is 1. The number of hydrogen-bond donors (Lipinski definition) is 12. The first-order valence-corrected chi connectivity index (χ1v) is 43.6. The standard InChI is InChI=1S/C90H157NO18/c1-3-5-7-9-11-13-15-17-19-21-23-25-27-29-31-32-33-34-35-36-37-38-39-40-42-44-46-48-50-52-54-56-58-60-62-64-66-68-78(96)91-73(74(95)67-65-63-61-59-57-55-53-51-49-47-45-43-41-30-28-26-24-22-20-18-16-14-12-10-8-6-4-2)72-104-88-84(102)81(99)86(76(70-93)106-88)109-90-85(103)82(100)87(77(71-94)107-90)108-89-83(101)80(98)79(97)75(69-92)105-89/h5,7,11,13,17,19,23,25,29,31,33-34,36-37,57,59,65,67,73-77,79-90,92-95,97-103H,3-4,6,8-10,12,14-16,18,20-22,24,26-28,30,32,35,38-56,58,60-64,66,68-72H2,1-2H3,(H,91,96)/b7-5-,13-11-,19-17-,25-23-,31-29-,34-33-,37-36-,59-57+,67-65+. The number of amides is 1. The fraction of sp³-hybridized carbons (Fsp3) is 0.789. The molecule has 3 aliphatic heterocycles. The number of hydrogen-bond acceptors (Lipinski definition) is 18. The zero-order valence-electron chi connectivity index (χ0n) is 67.8. The van der Waals surface area contributed by atoms with Gasteiger partial charge in [0.05, 0.1) is 38.6 Å². The van der Waals surface area contributed by atoms with Crippen LogP contribution in [0.5, 0.6) is 0 Å². The van der Waals surface area contributed by atoms with E-state index >= 15 is 0 Å². The lowest BCUT2D eigenvalue weighted by Gasteiger charge is -2.48. The summed E-state index contributed by atoms with van der Waals surface area (Å²) >= 11 is 0. The van der Waals surface area contributed by atoms with Gasteiger partial charge in [0.15, 0.2) is 18.9 Å². The maximum Gasteiger partial charge on any atom is 0.220 e. The Kier molecular flexibility index (Phi) is 62.9. The third kappa shape index (κ3) is 47.8. The molecule has 109 heavy (non-hydrogen) atoms. The van der Waals surface area contributed by atoms with E-state index in [4.69, 9.17) is 28.4 Å².